The molecule has 1 aromatic heterocycles. The van der Waals surface area contributed by atoms with Gasteiger partial charge in [0.1, 0.15) is 5.76 Å². The molecule has 18 heavy (non-hydrogen) atoms. The topological polar surface area (TPSA) is 50.5 Å². The minimum atomic E-state index is -0.241. The number of hydrogen-bond donors (Lipinski definition) is 0. The van der Waals surface area contributed by atoms with Gasteiger partial charge in [-0.05, 0) is 40.2 Å². The summed E-state index contributed by atoms with van der Waals surface area (Å²) in [6, 6.07) is 1.77. The lowest BCUT2D eigenvalue weighted by molar-refractivity contribution is -0.122. The average molecular weight is 442 g/mol. The van der Waals surface area contributed by atoms with Crippen molar-refractivity contribution in [3.8, 4) is 0 Å². The van der Waals surface area contributed by atoms with Crippen LogP contribution in [0.4, 0.5) is 4.79 Å². The van der Waals surface area contributed by atoms with Crippen molar-refractivity contribution in [3.63, 3.8) is 0 Å². The molecule has 2 heterocycles. The van der Waals surface area contributed by atoms with E-state index in [9.17, 15) is 9.59 Å². The van der Waals surface area contributed by atoms with Crippen molar-refractivity contribution in [2.75, 3.05) is 6.54 Å². The molecule has 1 fully saturated rings. The van der Waals surface area contributed by atoms with Crippen molar-refractivity contribution in [3.05, 3.63) is 25.0 Å². The predicted octanol–water partition coefficient (Wildman–Crippen LogP) is 4.09. The molecule has 0 unspecified atom stereocenters. The van der Waals surface area contributed by atoms with Gasteiger partial charge in [0.2, 0.25) is 0 Å². The number of imide groups is 1. The number of hydrogen-bond acceptors (Lipinski definition) is 4. The second-order valence-electron chi connectivity index (χ2n) is 3.60. The van der Waals surface area contributed by atoms with Crippen molar-refractivity contribution in [1.29, 1.82) is 0 Å². The van der Waals surface area contributed by atoms with Crippen LogP contribution < -0.4 is 0 Å². The monoisotopic (exact) mass is 441 g/mol. The Kier molecular flexibility index (Phi) is 4.54. The normalized spacial score (nSPS) is 18.2. The molecule has 96 valence electrons. The summed E-state index contributed by atoms with van der Waals surface area (Å²) in [4.78, 5) is 25.3. The van der Waals surface area contributed by atoms with Crippen LogP contribution in [0.1, 0.15) is 19.1 Å². The fraction of sp³-hybridized carbons (Fsp3) is 0.273. The molecule has 1 aliphatic heterocycles. The summed E-state index contributed by atoms with van der Waals surface area (Å²) in [7, 11) is 0. The number of amides is 2. The van der Waals surface area contributed by atoms with Gasteiger partial charge >= 0.3 is 0 Å². The Morgan fingerprint density at radius 3 is 2.83 bits per heavy atom. The fourth-order valence-corrected chi connectivity index (χ4v) is 3.04. The third-order valence-corrected chi connectivity index (χ3v) is 5.30. The van der Waals surface area contributed by atoms with Crippen LogP contribution in [0.15, 0.2) is 19.9 Å². The smallest absolute Gasteiger partial charge is 0.293 e. The van der Waals surface area contributed by atoms with E-state index in [0.29, 0.717) is 21.0 Å². The van der Waals surface area contributed by atoms with Crippen LogP contribution in [-0.2, 0) is 4.79 Å². The maximum absolute atomic E-state index is 12.0. The summed E-state index contributed by atoms with van der Waals surface area (Å²) in [5, 5.41) is -0.214. The van der Waals surface area contributed by atoms with Crippen LogP contribution in [0, 0.1) is 3.77 Å². The first-order valence-corrected chi connectivity index (χ1v) is 7.92. The number of carbonyl (C=O) groups excluding carboxylic acids is 2. The summed E-state index contributed by atoms with van der Waals surface area (Å²) in [6.07, 6.45) is 2.36. The van der Waals surface area contributed by atoms with Crippen molar-refractivity contribution in [2.24, 2.45) is 0 Å². The molecule has 0 N–H and O–H groups in total. The molecular formula is C11H9BrINO3S. The second-order valence-corrected chi connectivity index (χ2v) is 6.43. The Balaban J connectivity index is 2.24. The average Bonchev–Trinajstić information content (AvgIpc) is 2.75. The summed E-state index contributed by atoms with van der Waals surface area (Å²) >= 11 is 6.33. The van der Waals surface area contributed by atoms with Gasteiger partial charge in [0.25, 0.3) is 11.1 Å². The van der Waals surface area contributed by atoms with Gasteiger partial charge in [0.05, 0.1) is 9.38 Å². The Labute approximate surface area is 130 Å². The van der Waals surface area contributed by atoms with Crippen LogP contribution in [0.2, 0.25) is 0 Å². The second kappa shape index (κ2) is 5.79. The predicted molar refractivity (Wildman–Crippen MR) is 82.1 cm³/mol. The SMILES string of the molecule is CCCN1C(=O)S/C(=C\c2cc(Br)c(I)o2)C1=O. The van der Waals surface area contributed by atoms with Crippen LogP contribution in [0.5, 0.6) is 0 Å². The molecule has 0 atom stereocenters. The molecule has 1 aromatic rings. The number of halogens is 2. The van der Waals surface area contributed by atoms with E-state index in [0.717, 1.165) is 22.7 Å². The van der Waals surface area contributed by atoms with E-state index in [1.807, 2.05) is 29.5 Å². The Morgan fingerprint density at radius 2 is 2.28 bits per heavy atom. The molecule has 1 saturated heterocycles. The lowest BCUT2D eigenvalue weighted by Crippen LogP contribution is -2.28. The van der Waals surface area contributed by atoms with E-state index in [1.165, 1.54) is 4.90 Å². The quantitative estimate of drug-likeness (QED) is 0.523. The summed E-state index contributed by atoms with van der Waals surface area (Å²) < 4.78 is 6.97. The molecule has 7 heteroatoms. The first-order chi connectivity index (χ1) is 8.52. The van der Waals surface area contributed by atoms with E-state index in [4.69, 9.17) is 4.42 Å². The highest BCUT2D eigenvalue weighted by Crippen LogP contribution is 2.33. The first kappa shape index (κ1) is 14.1. The minimum Gasteiger partial charge on any atom is -0.450 e. The molecule has 0 bridgehead atoms. The molecule has 0 saturated carbocycles. The van der Waals surface area contributed by atoms with E-state index < -0.39 is 0 Å². The highest BCUT2D eigenvalue weighted by molar-refractivity contribution is 14.1. The van der Waals surface area contributed by atoms with E-state index in [2.05, 4.69) is 15.9 Å². The molecule has 2 rings (SSSR count). The number of rotatable bonds is 3. The largest absolute Gasteiger partial charge is 0.450 e. The number of thioether (sulfide) groups is 1. The van der Waals surface area contributed by atoms with E-state index in [1.54, 1.807) is 12.1 Å². The van der Waals surface area contributed by atoms with Gasteiger partial charge in [-0.1, -0.05) is 6.92 Å². The number of nitrogens with zero attached hydrogens (tertiary/aromatic N) is 1. The van der Waals surface area contributed by atoms with Crippen LogP contribution >= 0.6 is 50.3 Å². The van der Waals surface area contributed by atoms with Gasteiger partial charge in [-0.3, -0.25) is 14.5 Å². The standard InChI is InChI=1S/C11H9BrINO3S/c1-2-3-14-10(15)8(18-11(14)16)5-6-4-7(12)9(13)17-6/h4-5H,2-3H2,1H3/b8-5-. The van der Waals surface area contributed by atoms with Crippen LogP contribution in [0.3, 0.4) is 0 Å². The molecule has 1 aliphatic rings. The molecular weight excluding hydrogens is 433 g/mol. The zero-order chi connectivity index (χ0) is 13.3. The highest BCUT2D eigenvalue weighted by Gasteiger charge is 2.34. The lowest BCUT2D eigenvalue weighted by atomic mass is 10.3. The maximum atomic E-state index is 12.0. The zero-order valence-electron chi connectivity index (χ0n) is 9.41. The Bertz CT molecular complexity index is 521. The van der Waals surface area contributed by atoms with Crippen molar-refractivity contribution >= 4 is 67.5 Å². The van der Waals surface area contributed by atoms with Crippen molar-refractivity contribution in [2.45, 2.75) is 13.3 Å². The Hall–Kier alpha value is -0.280. The summed E-state index contributed by atoms with van der Waals surface area (Å²) in [5.41, 5.74) is 0. The first-order valence-electron chi connectivity index (χ1n) is 5.23. The van der Waals surface area contributed by atoms with Gasteiger partial charge in [-0.15, -0.1) is 0 Å². The van der Waals surface area contributed by atoms with Crippen LogP contribution in [-0.4, -0.2) is 22.6 Å². The van der Waals surface area contributed by atoms with Gasteiger partial charge in [-0.2, -0.15) is 0 Å². The van der Waals surface area contributed by atoms with E-state index >= 15 is 0 Å². The zero-order valence-corrected chi connectivity index (χ0v) is 14.0. The molecule has 0 spiro atoms. The van der Waals surface area contributed by atoms with Crippen LogP contribution in [0.25, 0.3) is 6.08 Å². The molecule has 0 radical (unpaired) electrons. The van der Waals surface area contributed by atoms with Crippen molar-refractivity contribution < 1.29 is 14.0 Å². The van der Waals surface area contributed by atoms with Gasteiger partial charge in [0.15, 0.2) is 3.77 Å². The summed E-state index contributed by atoms with van der Waals surface area (Å²) in [6.45, 7) is 2.39. The number of carbonyl (C=O) groups is 2. The van der Waals surface area contributed by atoms with Crippen molar-refractivity contribution in [1.82, 2.24) is 4.90 Å². The Morgan fingerprint density at radius 1 is 1.56 bits per heavy atom. The maximum Gasteiger partial charge on any atom is 0.293 e. The fourth-order valence-electron chi connectivity index (χ4n) is 1.48. The third kappa shape index (κ3) is 2.83. The molecule has 4 nitrogen and oxygen atoms in total. The summed E-state index contributed by atoms with van der Waals surface area (Å²) in [5.74, 6) is 0.322. The number of furan rings is 1. The van der Waals surface area contributed by atoms with Gasteiger partial charge < -0.3 is 4.42 Å². The van der Waals surface area contributed by atoms with E-state index in [-0.39, 0.29) is 11.1 Å². The molecule has 0 aliphatic carbocycles. The minimum absolute atomic E-state index is 0.214. The van der Waals surface area contributed by atoms with Gasteiger partial charge in [0, 0.05) is 35.2 Å². The lowest BCUT2D eigenvalue weighted by Gasteiger charge is -2.09. The molecule has 2 amide bonds. The molecule has 0 aromatic carbocycles. The third-order valence-electron chi connectivity index (χ3n) is 2.26. The van der Waals surface area contributed by atoms with Gasteiger partial charge in [-0.25, -0.2) is 0 Å². The highest BCUT2D eigenvalue weighted by atomic mass is 127.